The average molecular weight is 447 g/mol. The lowest BCUT2D eigenvalue weighted by Crippen LogP contribution is -2.17. The predicted molar refractivity (Wildman–Crippen MR) is 115 cm³/mol. The number of oxime groups is 1. The van der Waals surface area contributed by atoms with Crippen molar-refractivity contribution in [3.05, 3.63) is 76.5 Å². The maximum atomic E-state index is 11.8. The van der Waals surface area contributed by atoms with E-state index in [4.69, 9.17) is 43.2 Å². The number of amides is 1. The molecule has 3 N–H and O–H groups in total. The Kier molecular flexibility index (Phi) is 6.95. The lowest BCUT2D eigenvalue weighted by Gasteiger charge is -2.09. The average Bonchev–Trinajstić information content (AvgIpc) is 2.76. The maximum absolute atomic E-state index is 11.8. The number of nitrogens with two attached hydrogens (primary N) is 1. The van der Waals surface area contributed by atoms with Crippen LogP contribution < -0.4 is 20.5 Å². The van der Waals surface area contributed by atoms with E-state index in [1.54, 1.807) is 55.6 Å². The van der Waals surface area contributed by atoms with Gasteiger partial charge in [0.25, 0.3) is 0 Å². The summed E-state index contributed by atoms with van der Waals surface area (Å²) in [6.07, 6.45) is 2.07. The highest BCUT2D eigenvalue weighted by molar-refractivity contribution is 6.36. The minimum absolute atomic E-state index is 0.00593. The van der Waals surface area contributed by atoms with Crippen LogP contribution in [0.5, 0.6) is 17.2 Å². The number of ether oxygens (including phenoxy) is 2. The van der Waals surface area contributed by atoms with Crippen molar-refractivity contribution in [3.63, 3.8) is 0 Å². The van der Waals surface area contributed by atoms with E-state index in [0.717, 1.165) is 0 Å². The van der Waals surface area contributed by atoms with Crippen molar-refractivity contribution < 1.29 is 19.1 Å². The van der Waals surface area contributed by atoms with Gasteiger partial charge in [0, 0.05) is 23.6 Å². The molecule has 1 aromatic heterocycles. The second-order valence-corrected chi connectivity index (χ2v) is 6.58. The molecule has 1 amide bonds. The number of hydrogen-bond acceptors (Lipinski definition) is 6. The molecule has 2 aromatic carbocycles. The fraction of sp³-hybridized carbons (Fsp3) is 0.0500. The quantitative estimate of drug-likeness (QED) is 0.237. The summed E-state index contributed by atoms with van der Waals surface area (Å²) >= 11 is 12.1. The topological polar surface area (TPSA) is 108 Å². The largest absolute Gasteiger partial charge is 0.497 e. The number of methoxy groups -OCH3 is 1. The highest BCUT2D eigenvalue weighted by Gasteiger charge is 2.10. The molecule has 0 fully saturated rings. The van der Waals surface area contributed by atoms with Crippen LogP contribution in [0.1, 0.15) is 5.56 Å². The third-order valence-electron chi connectivity index (χ3n) is 3.74. The van der Waals surface area contributed by atoms with E-state index in [9.17, 15) is 4.79 Å². The van der Waals surface area contributed by atoms with Crippen molar-refractivity contribution in [2.75, 3.05) is 12.4 Å². The monoisotopic (exact) mass is 446 g/mol. The number of halogens is 2. The third kappa shape index (κ3) is 5.53. The van der Waals surface area contributed by atoms with Crippen molar-refractivity contribution >= 4 is 40.8 Å². The number of nitrogens with one attached hydrogen (secondary N) is 1. The molecular weight excluding hydrogens is 431 g/mol. The van der Waals surface area contributed by atoms with Crippen LogP contribution in [0.2, 0.25) is 10.0 Å². The van der Waals surface area contributed by atoms with Gasteiger partial charge in [0.1, 0.15) is 21.5 Å². The van der Waals surface area contributed by atoms with Gasteiger partial charge in [-0.25, -0.2) is 4.79 Å². The zero-order valence-corrected chi connectivity index (χ0v) is 17.1. The van der Waals surface area contributed by atoms with E-state index in [2.05, 4.69) is 15.5 Å². The highest BCUT2D eigenvalue weighted by atomic mass is 35.5. The van der Waals surface area contributed by atoms with E-state index in [-0.39, 0.29) is 15.9 Å². The Morgan fingerprint density at radius 3 is 2.20 bits per heavy atom. The van der Waals surface area contributed by atoms with Gasteiger partial charge < -0.3 is 15.2 Å². The van der Waals surface area contributed by atoms with E-state index in [1.807, 2.05) is 0 Å². The van der Waals surface area contributed by atoms with E-state index in [0.29, 0.717) is 28.5 Å². The molecule has 3 aromatic rings. The van der Waals surface area contributed by atoms with Crippen LogP contribution in [0.15, 0.2) is 66.1 Å². The van der Waals surface area contributed by atoms with Crippen molar-refractivity contribution in [1.82, 2.24) is 4.98 Å². The number of hydrogen-bond donors (Lipinski definition) is 2. The summed E-state index contributed by atoms with van der Waals surface area (Å²) in [5.74, 6) is 1.43. The Labute approximate surface area is 182 Å². The standard InChI is InChI=1S/C20H16Cl2N4O4/c1-28-14-8-4-13(5-9-14)25-20(27)30-26-19(23)12-2-6-15(7-3-12)29-18-16(21)10-24-11-17(18)22/h2-11H,1H3,(H2,23,26)(H,25,27). The van der Waals surface area contributed by atoms with Crippen molar-refractivity contribution in [2.24, 2.45) is 10.9 Å². The number of rotatable bonds is 6. The predicted octanol–water partition coefficient (Wildman–Crippen LogP) is 5.06. The molecule has 0 saturated heterocycles. The van der Waals surface area contributed by atoms with Crippen LogP contribution in [-0.4, -0.2) is 24.0 Å². The second kappa shape index (κ2) is 9.82. The number of amidine groups is 1. The van der Waals surface area contributed by atoms with Crippen LogP contribution >= 0.6 is 23.2 Å². The number of nitrogens with zero attached hydrogens (tertiary/aromatic N) is 2. The zero-order chi connectivity index (χ0) is 21.5. The molecule has 1 heterocycles. The van der Waals surface area contributed by atoms with Gasteiger partial charge in [0.2, 0.25) is 0 Å². The molecule has 0 bridgehead atoms. The Hall–Kier alpha value is -3.49. The van der Waals surface area contributed by atoms with Crippen LogP contribution in [0.25, 0.3) is 0 Å². The van der Waals surface area contributed by atoms with Gasteiger partial charge in [-0.1, -0.05) is 28.4 Å². The van der Waals surface area contributed by atoms with Gasteiger partial charge in [-0.3, -0.25) is 15.1 Å². The molecule has 154 valence electrons. The number of pyridine rings is 1. The summed E-state index contributed by atoms with van der Waals surface area (Å²) in [4.78, 5) is 20.5. The van der Waals surface area contributed by atoms with E-state index >= 15 is 0 Å². The summed E-state index contributed by atoms with van der Waals surface area (Å²) in [5.41, 5.74) is 6.90. The molecule has 0 radical (unpaired) electrons. The molecule has 0 aliphatic heterocycles. The van der Waals surface area contributed by atoms with Crippen molar-refractivity contribution in [3.8, 4) is 17.2 Å². The molecule has 10 heteroatoms. The van der Waals surface area contributed by atoms with E-state index < -0.39 is 6.09 Å². The second-order valence-electron chi connectivity index (χ2n) is 5.77. The Morgan fingerprint density at radius 2 is 1.60 bits per heavy atom. The Balaban J connectivity index is 1.59. The summed E-state index contributed by atoms with van der Waals surface area (Å²) in [6, 6.07) is 13.3. The first-order chi connectivity index (χ1) is 14.5. The van der Waals surface area contributed by atoms with Gasteiger partial charge in [-0.15, -0.1) is 0 Å². The normalized spacial score (nSPS) is 11.0. The van der Waals surface area contributed by atoms with Gasteiger partial charge in [0.05, 0.1) is 7.11 Å². The van der Waals surface area contributed by atoms with Crippen LogP contribution in [0, 0.1) is 0 Å². The summed E-state index contributed by atoms with van der Waals surface area (Å²) in [7, 11) is 1.55. The molecule has 0 aliphatic carbocycles. The molecule has 0 atom stereocenters. The molecule has 0 spiro atoms. The van der Waals surface area contributed by atoms with E-state index in [1.165, 1.54) is 12.4 Å². The first-order valence-electron chi connectivity index (χ1n) is 8.49. The number of carbonyl (C=O) groups excluding carboxylic acids is 1. The molecule has 0 aliphatic rings. The molecular formula is C20H16Cl2N4O4. The zero-order valence-electron chi connectivity index (χ0n) is 15.6. The molecule has 8 nitrogen and oxygen atoms in total. The van der Waals surface area contributed by atoms with Gasteiger partial charge >= 0.3 is 6.09 Å². The van der Waals surface area contributed by atoms with Gasteiger partial charge in [0.15, 0.2) is 11.6 Å². The number of aromatic nitrogens is 1. The molecule has 3 rings (SSSR count). The summed E-state index contributed by atoms with van der Waals surface area (Å²) in [6.45, 7) is 0. The van der Waals surface area contributed by atoms with Crippen LogP contribution in [0.4, 0.5) is 10.5 Å². The number of benzene rings is 2. The SMILES string of the molecule is COc1ccc(NC(=O)O/N=C(/N)c2ccc(Oc3c(Cl)cncc3Cl)cc2)cc1. The molecule has 30 heavy (non-hydrogen) atoms. The number of carbonyl (C=O) groups is 1. The Morgan fingerprint density at radius 1 is 1.00 bits per heavy atom. The Bertz CT molecular complexity index is 1040. The van der Waals surface area contributed by atoms with Crippen LogP contribution in [0.3, 0.4) is 0 Å². The van der Waals surface area contributed by atoms with Crippen LogP contribution in [-0.2, 0) is 4.84 Å². The lowest BCUT2D eigenvalue weighted by molar-refractivity contribution is 0.166. The van der Waals surface area contributed by atoms with Crippen molar-refractivity contribution in [1.29, 1.82) is 0 Å². The highest BCUT2D eigenvalue weighted by Crippen LogP contribution is 2.35. The van der Waals surface area contributed by atoms with Gasteiger partial charge in [-0.2, -0.15) is 0 Å². The minimum Gasteiger partial charge on any atom is -0.497 e. The lowest BCUT2D eigenvalue weighted by atomic mass is 10.2. The summed E-state index contributed by atoms with van der Waals surface area (Å²) in [5, 5.41) is 6.71. The first kappa shape index (κ1) is 21.2. The maximum Gasteiger partial charge on any atom is 0.437 e. The van der Waals surface area contributed by atoms with Gasteiger partial charge in [-0.05, 0) is 48.5 Å². The molecule has 0 unspecified atom stereocenters. The first-order valence-corrected chi connectivity index (χ1v) is 9.24. The fourth-order valence-electron chi connectivity index (χ4n) is 2.27. The summed E-state index contributed by atoms with van der Waals surface area (Å²) < 4.78 is 10.7. The third-order valence-corrected chi connectivity index (χ3v) is 4.28. The van der Waals surface area contributed by atoms with Crippen molar-refractivity contribution in [2.45, 2.75) is 0 Å². The minimum atomic E-state index is -0.787. The number of anilines is 1. The fourth-order valence-corrected chi connectivity index (χ4v) is 2.71. The smallest absolute Gasteiger partial charge is 0.437 e. The molecule has 0 saturated carbocycles.